The van der Waals surface area contributed by atoms with E-state index in [4.69, 9.17) is 14.6 Å². The van der Waals surface area contributed by atoms with Crippen molar-refractivity contribution in [3.05, 3.63) is 64.5 Å². The Labute approximate surface area is 185 Å². The van der Waals surface area contributed by atoms with Crippen LogP contribution >= 0.6 is 0 Å². The van der Waals surface area contributed by atoms with Gasteiger partial charge in [0.05, 0.1) is 25.0 Å². The minimum Gasteiger partial charge on any atom is -0.490 e. The lowest BCUT2D eigenvalue weighted by atomic mass is 10.0. The zero-order chi connectivity index (χ0) is 23.0. The van der Waals surface area contributed by atoms with Crippen molar-refractivity contribution in [2.45, 2.75) is 53.1 Å². The predicted molar refractivity (Wildman–Crippen MR) is 125 cm³/mol. The van der Waals surface area contributed by atoms with Gasteiger partial charge < -0.3 is 19.7 Å². The number of aliphatic hydroxyl groups excluding tert-OH is 2. The molecule has 6 nitrogen and oxygen atoms in total. The highest BCUT2D eigenvalue weighted by Crippen LogP contribution is 2.29. The van der Waals surface area contributed by atoms with E-state index in [1.54, 1.807) is 13.3 Å². The van der Waals surface area contributed by atoms with Crippen LogP contribution in [0.2, 0.25) is 0 Å². The lowest BCUT2D eigenvalue weighted by Crippen LogP contribution is -2.22. The molecule has 0 amide bonds. The summed E-state index contributed by atoms with van der Waals surface area (Å²) in [6, 6.07) is 6.02. The summed E-state index contributed by atoms with van der Waals surface area (Å²) in [5.41, 5.74) is 6.44. The summed E-state index contributed by atoms with van der Waals surface area (Å²) in [6.07, 6.45) is 3.41. The topological polar surface area (TPSA) is 84.2 Å². The summed E-state index contributed by atoms with van der Waals surface area (Å²) in [7, 11) is 1.59. The molecule has 0 saturated carbocycles. The molecule has 0 aliphatic carbocycles. The highest BCUT2D eigenvalue weighted by Gasteiger charge is 2.14. The Kier molecular flexibility index (Phi) is 9.21. The zero-order valence-corrected chi connectivity index (χ0v) is 19.2. The van der Waals surface area contributed by atoms with Gasteiger partial charge in [-0.1, -0.05) is 27.4 Å². The van der Waals surface area contributed by atoms with Gasteiger partial charge in [0.2, 0.25) is 5.90 Å². The van der Waals surface area contributed by atoms with Crippen LogP contribution in [0.25, 0.3) is 5.70 Å². The van der Waals surface area contributed by atoms with Crippen molar-refractivity contribution in [2.24, 2.45) is 4.99 Å². The lowest BCUT2D eigenvalue weighted by Gasteiger charge is -2.17. The quantitative estimate of drug-likeness (QED) is 0.445. The first-order valence-corrected chi connectivity index (χ1v) is 10.7. The summed E-state index contributed by atoms with van der Waals surface area (Å²) in [5.74, 6) is 1.19. The fourth-order valence-electron chi connectivity index (χ4n) is 3.41. The molecule has 0 saturated heterocycles. The number of hydrogen-bond acceptors (Lipinski definition) is 6. The average Bonchev–Trinajstić information content (AvgIpc) is 2.80. The van der Waals surface area contributed by atoms with Gasteiger partial charge in [-0.05, 0) is 61.1 Å². The second-order valence-electron chi connectivity index (χ2n) is 7.39. The number of ether oxygens (including phenoxy) is 2. The standard InChI is InChI=1S/C25H34N2O4/c1-7-18-11-21(13-26-23(18)9-3)25(30-6)27-17(5)20-10-16(4)24(19(8-2)12-20)31-15-22(29)14-28/h10-13,22,28-29H,5,7-9,14-15H2,1-4,6H3/t22-/m0/s1. The van der Waals surface area contributed by atoms with E-state index in [9.17, 15) is 5.11 Å². The van der Waals surface area contributed by atoms with E-state index in [2.05, 4.69) is 36.5 Å². The van der Waals surface area contributed by atoms with Gasteiger partial charge in [-0.2, -0.15) is 0 Å². The summed E-state index contributed by atoms with van der Waals surface area (Å²) >= 11 is 0. The van der Waals surface area contributed by atoms with E-state index in [-0.39, 0.29) is 13.2 Å². The van der Waals surface area contributed by atoms with Crippen molar-refractivity contribution in [1.82, 2.24) is 4.98 Å². The zero-order valence-electron chi connectivity index (χ0n) is 19.2. The number of aromatic nitrogens is 1. The number of aryl methyl sites for hydroxylation is 4. The summed E-state index contributed by atoms with van der Waals surface area (Å²) in [6.45, 7) is 12.0. The molecule has 1 atom stereocenters. The van der Waals surface area contributed by atoms with Crippen molar-refractivity contribution in [3.63, 3.8) is 0 Å². The molecule has 0 bridgehead atoms. The number of nitrogens with zero attached hydrogens (tertiary/aromatic N) is 2. The molecule has 0 unspecified atom stereocenters. The van der Waals surface area contributed by atoms with E-state index in [0.29, 0.717) is 11.6 Å². The number of aliphatic imine (C=N–C) groups is 1. The minimum atomic E-state index is -0.909. The molecule has 1 aromatic carbocycles. The van der Waals surface area contributed by atoms with Crippen molar-refractivity contribution in [1.29, 1.82) is 0 Å². The third-order valence-electron chi connectivity index (χ3n) is 5.15. The third-order valence-corrected chi connectivity index (χ3v) is 5.15. The maximum atomic E-state index is 9.60. The van der Waals surface area contributed by atoms with Gasteiger partial charge in [-0.3, -0.25) is 4.98 Å². The number of methoxy groups -OCH3 is 1. The number of benzene rings is 1. The maximum Gasteiger partial charge on any atom is 0.222 e. The molecule has 0 aliphatic heterocycles. The third kappa shape index (κ3) is 6.15. The molecule has 2 aromatic rings. The van der Waals surface area contributed by atoms with Gasteiger partial charge in [0, 0.05) is 17.5 Å². The van der Waals surface area contributed by atoms with Crippen LogP contribution in [0, 0.1) is 6.92 Å². The second-order valence-corrected chi connectivity index (χ2v) is 7.39. The van der Waals surface area contributed by atoms with E-state index >= 15 is 0 Å². The van der Waals surface area contributed by atoms with Crippen LogP contribution in [0.5, 0.6) is 5.75 Å². The van der Waals surface area contributed by atoms with Gasteiger partial charge in [-0.15, -0.1) is 0 Å². The van der Waals surface area contributed by atoms with Gasteiger partial charge in [-0.25, -0.2) is 4.99 Å². The number of hydrogen-bond donors (Lipinski definition) is 2. The van der Waals surface area contributed by atoms with E-state index in [0.717, 1.165) is 53.0 Å². The molecule has 168 valence electrons. The van der Waals surface area contributed by atoms with Crippen LogP contribution in [0.3, 0.4) is 0 Å². The van der Waals surface area contributed by atoms with E-state index in [1.165, 1.54) is 5.56 Å². The minimum absolute atomic E-state index is 0.0388. The summed E-state index contributed by atoms with van der Waals surface area (Å²) < 4.78 is 11.3. The average molecular weight is 427 g/mol. The summed E-state index contributed by atoms with van der Waals surface area (Å²) in [4.78, 5) is 9.21. The van der Waals surface area contributed by atoms with Gasteiger partial charge in [0.1, 0.15) is 18.5 Å². The number of pyridine rings is 1. The lowest BCUT2D eigenvalue weighted by molar-refractivity contribution is 0.0531. The monoisotopic (exact) mass is 426 g/mol. The van der Waals surface area contributed by atoms with E-state index in [1.807, 2.05) is 26.0 Å². The molecule has 1 heterocycles. The molecule has 0 spiro atoms. The van der Waals surface area contributed by atoms with Crippen molar-refractivity contribution in [3.8, 4) is 5.75 Å². The van der Waals surface area contributed by atoms with Crippen LogP contribution in [0.15, 0.2) is 36.0 Å². The van der Waals surface area contributed by atoms with E-state index < -0.39 is 6.10 Å². The first-order valence-electron chi connectivity index (χ1n) is 10.7. The Hall–Kier alpha value is -2.70. The molecular weight excluding hydrogens is 392 g/mol. The first-order chi connectivity index (χ1) is 14.9. The number of aliphatic hydroxyl groups is 2. The Morgan fingerprint density at radius 1 is 1.10 bits per heavy atom. The molecule has 1 aromatic heterocycles. The molecular formula is C25H34N2O4. The van der Waals surface area contributed by atoms with Crippen LogP contribution in [0.4, 0.5) is 0 Å². The Balaban J connectivity index is 2.36. The summed E-state index contributed by atoms with van der Waals surface area (Å²) in [5, 5.41) is 18.6. The van der Waals surface area contributed by atoms with Crippen LogP contribution in [-0.4, -0.2) is 47.5 Å². The van der Waals surface area contributed by atoms with Crippen molar-refractivity contribution < 1.29 is 19.7 Å². The Bertz CT molecular complexity index is 937. The molecule has 2 rings (SSSR count). The Morgan fingerprint density at radius 2 is 1.77 bits per heavy atom. The molecule has 0 radical (unpaired) electrons. The fourth-order valence-corrected chi connectivity index (χ4v) is 3.41. The van der Waals surface area contributed by atoms with Crippen LogP contribution in [-0.2, 0) is 24.0 Å². The van der Waals surface area contributed by atoms with Crippen molar-refractivity contribution >= 4 is 11.6 Å². The molecule has 31 heavy (non-hydrogen) atoms. The van der Waals surface area contributed by atoms with Crippen LogP contribution in [0.1, 0.15) is 54.3 Å². The molecule has 2 N–H and O–H groups in total. The number of rotatable bonds is 10. The van der Waals surface area contributed by atoms with Gasteiger partial charge in [0.25, 0.3) is 0 Å². The Morgan fingerprint density at radius 3 is 2.35 bits per heavy atom. The largest absolute Gasteiger partial charge is 0.490 e. The first kappa shape index (κ1) is 24.6. The molecule has 0 fully saturated rings. The van der Waals surface area contributed by atoms with Crippen molar-refractivity contribution in [2.75, 3.05) is 20.3 Å². The second kappa shape index (κ2) is 11.6. The molecule has 6 heteroatoms. The smallest absolute Gasteiger partial charge is 0.222 e. The predicted octanol–water partition coefficient (Wildman–Crippen LogP) is 3.87. The highest BCUT2D eigenvalue weighted by atomic mass is 16.5. The molecule has 0 aliphatic rings. The van der Waals surface area contributed by atoms with Gasteiger partial charge in [0.15, 0.2) is 0 Å². The van der Waals surface area contributed by atoms with Crippen LogP contribution < -0.4 is 4.74 Å². The van der Waals surface area contributed by atoms with Gasteiger partial charge >= 0.3 is 0 Å². The fraction of sp³-hybridized carbons (Fsp3) is 0.440. The SMILES string of the molecule is C=C(N=C(OC)c1cnc(CC)c(CC)c1)c1cc(C)c(OC[C@@H](O)CO)c(CC)c1. The maximum absolute atomic E-state index is 9.60. The highest BCUT2D eigenvalue weighted by molar-refractivity contribution is 5.97. The normalized spacial score (nSPS) is 12.5.